The van der Waals surface area contributed by atoms with Gasteiger partial charge in [0.2, 0.25) is 11.8 Å². The summed E-state index contributed by atoms with van der Waals surface area (Å²) in [5, 5.41) is 6.52. The Hall–Kier alpha value is -1.69. The number of nitrogens with one attached hydrogen (secondary N) is 2. The summed E-state index contributed by atoms with van der Waals surface area (Å²) in [6.45, 7) is 5.17. The Morgan fingerprint density at radius 2 is 1.81 bits per heavy atom. The summed E-state index contributed by atoms with van der Waals surface area (Å²) in [6, 6.07) is 12.4. The van der Waals surface area contributed by atoms with Gasteiger partial charge in [0.25, 0.3) is 0 Å². The second kappa shape index (κ2) is 9.31. The highest BCUT2D eigenvalue weighted by Gasteiger charge is 2.19. The highest BCUT2D eigenvalue weighted by Crippen LogP contribution is 2.33. The van der Waals surface area contributed by atoms with Gasteiger partial charge < -0.3 is 10.6 Å². The van der Waals surface area contributed by atoms with Crippen LogP contribution in [0.4, 0.5) is 5.69 Å². The lowest BCUT2D eigenvalue weighted by Crippen LogP contribution is -2.33. The van der Waals surface area contributed by atoms with Crippen LogP contribution in [-0.2, 0) is 9.59 Å². The minimum absolute atomic E-state index is 0.108. The van der Waals surface area contributed by atoms with E-state index in [1.165, 1.54) is 18.7 Å². The van der Waals surface area contributed by atoms with Crippen molar-refractivity contribution in [2.75, 3.05) is 5.32 Å². The van der Waals surface area contributed by atoms with Crippen LogP contribution in [0.5, 0.6) is 0 Å². The van der Waals surface area contributed by atoms with Gasteiger partial charge in [-0.05, 0) is 49.7 Å². The number of carbonyl (C=O) groups excluding carboxylic acids is 2. The monoisotopic (exact) mass is 410 g/mol. The van der Waals surface area contributed by atoms with E-state index >= 15 is 0 Å². The molecule has 2 aromatic carbocycles. The van der Waals surface area contributed by atoms with Gasteiger partial charge in [-0.15, -0.1) is 11.8 Å². The Morgan fingerprint density at radius 1 is 1.08 bits per heavy atom. The fourth-order valence-electron chi connectivity index (χ4n) is 2.31. The van der Waals surface area contributed by atoms with Gasteiger partial charge in [-0.2, -0.15) is 0 Å². The number of carbonyl (C=O) groups is 2. The molecule has 0 aliphatic carbocycles. The third-order valence-corrected chi connectivity index (χ3v) is 5.47. The lowest BCUT2D eigenvalue weighted by atomic mass is 10.1. The van der Waals surface area contributed by atoms with Crippen molar-refractivity contribution in [2.45, 2.75) is 37.0 Å². The van der Waals surface area contributed by atoms with Crippen LogP contribution in [0.2, 0.25) is 10.0 Å². The van der Waals surface area contributed by atoms with Gasteiger partial charge in [0.05, 0.1) is 16.3 Å². The van der Waals surface area contributed by atoms with E-state index in [4.69, 9.17) is 23.2 Å². The molecule has 0 spiro atoms. The summed E-state index contributed by atoms with van der Waals surface area (Å²) >= 11 is 13.5. The summed E-state index contributed by atoms with van der Waals surface area (Å²) in [6.07, 6.45) is 0. The summed E-state index contributed by atoms with van der Waals surface area (Å²) in [5.74, 6) is -0.245. The van der Waals surface area contributed by atoms with Crippen molar-refractivity contribution in [2.24, 2.45) is 0 Å². The first-order chi connectivity index (χ1) is 12.3. The molecule has 2 amide bonds. The number of hydrogen-bond donors (Lipinski definition) is 2. The van der Waals surface area contributed by atoms with Crippen LogP contribution >= 0.6 is 35.0 Å². The van der Waals surface area contributed by atoms with Crippen molar-refractivity contribution in [3.63, 3.8) is 0 Å². The van der Waals surface area contributed by atoms with Crippen LogP contribution in [0.25, 0.3) is 0 Å². The molecule has 0 radical (unpaired) electrons. The molecule has 2 atom stereocenters. The number of halogens is 2. The molecule has 0 aliphatic heterocycles. The van der Waals surface area contributed by atoms with E-state index < -0.39 is 0 Å². The van der Waals surface area contributed by atoms with E-state index in [0.29, 0.717) is 15.7 Å². The SMILES string of the molecule is CC(=O)Nc1cccc(C(C)NC(=O)C(C)Sc2cc(Cl)ccc2Cl)c1. The molecule has 0 aliphatic rings. The smallest absolute Gasteiger partial charge is 0.233 e. The third-order valence-electron chi connectivity index (χ3n) is 3.63. The Balaban J connectivity index is 2.01. The first-order valence-electron chi connectivity index (χ1n) is 8.06. The van der Waals surface area contributed by atoms with Gasteiger partial charge in [-0.3, -0.25) is 9.59 Å². The van der Waals surface area contributed by atoms with Gasteiger partial charge >= 0.3 is 0 Å². The van der Waals surface area contributed by atoms with Crippen molar-refractivity contribution < 1.29 is 9.59 Å². The van der Waals surface area contributed by atoms with Crippen molar-refractivity contribution in [1.29, 1.82) is 0 Å². The molecule has 2 rings (SSSR count). The van der Waals surface area contributed by atoms with E-state index in [0.717, 1.165) is 10.5 Å². The number of anilines is 1. The zero-order chi connectivity index (χ0) is 19.3. The van der Waals surface area contributed by atoms with Crippen molar-refractivity contribution in [1.82, 2.24) is 5.32 Å². The molecule has 7 heteroatoms. The van der Waals surface area contributed by atoms with Crippen molar-refractivity contribution in [3.05, 3.63) is 58.1 Å². The van der Waals surface area contributed by atoms with Crippen LogP contribution in [0.15, 0.2) is 47.4 Å². The minimum Gasteiger partial charge on any atom is -0.349 e. The summed E-state index contributed by atoms with van der Waals surface area (Å²) in [4.78, 5) is 24.5. The van der Waals surface area contributed by atoms with Crippen LogP contribution < -0.4 is 10.6 Å². The zero-order valence-electron chi connectivity index (χ0n) is 14.7. The predicted molar refractivity (Wildman–Crippen MR) is 109 cm³/mol. The van der Waals surface area contributed by atoms with Gasteiger partial charge in [0.1, 0.15) is 0 Å². The van der Waals surface area contributed by atoms with E-state index in [2.05, 4.69) is 10.6 Å². The Labute approximate surface area is 167 Å². The quantitative estimate of drug-likeness (QED) is 0.634. The summed E-state index contributed by atoms with van der Waals surface area (Å²) < 4.78 is 0. The zero-order valence-corrected chi connectivity index (χ0v) is 17.0. The molecule has 26 heavy (non-hydrogen) atoms. The maximum atomic E-state index is 12.5. The molecule has 2 N–H and O–H groups in total. The molecule has 0 bridgehead atoms. The highest BCUT2D eigenvalue weighted by atomic mass is 35.5. The molecule has 0 heterocycles. The second-order valence-electron chi connectivity index (χ2n) is 5.87. The van der Waals surface area contributed by atoms with E-state index in [1.54, 1.807) is 24.3 Å². The minimum atomic E-state index is -0.341. The first kappa shape index (κ1) is 20.6. The summed E-state index contributed by atoms with van der Waals surface area (Å²) in [5.41, 5.74) is 1.60. The lowest BCUT2D eigenvalue weighted by Gasteiger charge is -2.19. The van der Waals surface area contributed by atoms with Crippen LogP contribution in [0, 0.1) is 0 Å². The fraction of sp³-hybridized carbons (Fsp3) is 0.263. The normalized spacial score (nSPS) is 13.0. The van der Waals surface area contributed by atoms with Crippen molar-refractivity contribution >= 4 is 52.5 Å². The molecule has 0 fully saturated rings. The average Bonchev–Trinajstić information content (AvgIpc) is 2.57. The Bertz CT molecular complexity index is 814. The third kappa shape index (κ3) is 5.94. The van der Waals surface area contributed by atoms with Gasteiger partial charge in [0.15, 0.2) is 0 Å². The Morgan fingerprint density at radius 3 is 2.50 bits per heavy atom. The van der Waals surface area contributed by atoms with E-state index in [1.807, 2.05) is 32.0 Å². The van der Waals surface area contributed by atoms with Crippen LogP contribution in [0.1, 0.15) is 32.4 Å². The summed E-state index contributed by atoms with van der Waals surface area (Å²) in [7, 11) is 0. The van der Waals surface area contributed by atoms with Gasteiger partial charge in [-0.1, -0.05) is 35.3 Å². The van der Waals surface area contributed by atoms with Crippen LogP contribution in [0.3, 0.4) is 0 Å². The van der Waals surface area contributed by atoms with E-state index in [9.17, 15) is 9.59 Å². The molecular weight excluding hydrogens is 391 g/mol. The first-order valence-corrected chi connectivity index (χ1v) is 9.69. The number of thioether (sulfide) groups is 1. The topological polar surface area (TPSA) is 58.2 Å². The molecule has 138 valence electrons. The standard InChI is InChI=1S/C19H20Cl2N2O2S/c1-11(14-5-4-6-16(9-14)23-13(3)24)22-19(25)12(2)26-18-10-15(20)7-8-17(18)21/h4-12H,1-3H3,(H,22,25)(H,23,24). The maximum Gasteiger partial charge on any atom is 0.233 e. The average molecular weight is 411 g/mol. The number of amides is 2. The molecule has 0 aromatic heterocycles. The molecule has 2 aromatic rings. The Kier molecular flexibility index (Phi) is 7.38. The second-order valence-corrected chi connectivity index (χ2v) is 8.10. The molecule has 4 nitrogen and oxygen atoms in total. The van der Waals surface area contributed by atoms with Crippen molar-refractivity contribution in [3.8, 4) is 0 Å². The van der Waals surface area contributed by atoms with Gasteiger partial charge in [-0.25, -0.2) is 0 Å². The van der Waals surface area contributed by atoms with Gasteiger partial charge in [0, 0.05) is 22.5 Å². The number of rotatable bonds is 6. The number of benzene rings is 2. The largest absolute Gasteiger partial charge is 0.349 e. The molecular formula is C19H20Cl2N2O2S. The molecule has 0 saturated heterocycles. The number of hydrogen-bond acceptors (Lipinski definition) is 3. The lowest BCUT2D eigenvalue weighted by molar-refractivity contribution is -0.121. The highest BCUT2D eigenvalue weighted by molar-refractivity contribution is 8.00. The molecule has 0 saturated carbocycles. The fourth-order valence-corrected chi connectivity index (χ4v) is 3.73. The van der Waals surface area contributed by atoms with Crippen LogP contribution in [-0.4, -0.2) is 17.1 Å². The maximum absolute atomic E-state index is 12.5. The molecule has 2 unspecified atom stereocenters. The van der Waals surface area contributed by atoms with E-state index in [-0.39, 0.29) is 23.1 Å². The predicted octanol–water partition coefficient (Wildman–Crippen LogP) is 5.31.